The molecule has 0 fully saturated rings. The zero-order valence-electron chi connectivity index (χ0n) is 7.98. The number of unbranched alkanes of at least 4 members (excludes halogenated alkanes) is 2. The van der Waals surface area contributed by atoms with E-state index in [0.29, 0.717) is 11.6 Å². The van der Waals surface area contributed by atoms with Crippen molar-refractivity contribution in [3.05, 3.63) is 10.6 Å². The van der Waals surface area contributed by atoms with E-state index in [1.54, 1.807) is 7.11 Å². The maximum Gasteiger partial charge on any atom is 0.0462 e. The second-order valence-electron chi connectivity index (χ2n) is 2.79. The molecule has 0 saturated heterocycles. The van der Waals surface area contributed by atoms with Crippen molar-refractivity contribution in [1.82, 2.24) is 5.32 Å². The average Bonchev–Trinajstić information content (AvgIpc) is 2.16. The Labute approximate surface area is 90.2 Å². The molecule has 4 heteroatoms. The maximum atomic E-state index is 5.67. The zero-order valence-corrected chi connectivity index (χ0v) is 9.50. The summed E-state index contributed by atoms with van der Waals surface area (Å²) in [6.45, 7) is 2.49. The van der Waals surface area contributed by atoms with E-state index in [0.717, 1.165) is 26.0 Å². The van der Waals surface area contributed by atoms with Gasteiger partial charge in [0.2, 0.25) is 0 Å². The van der Waals surface area contributed by atoms with E-state index >= 15 is 0 Å². The topological polar surface area (TPSA) is 21.3 Å². The molecule has 0 radical (unpaired) electrons. The van der Waals surface area contributed by atoms with Gasteiger partial charge in [0, 0.05) is 30.8 Å². The Kier molecular flexibility index (Phi) is 10.5. The second-order valence-corrected chi connectivity index (χ2v) is 3.49. The van der Waals surface area contributed by atoms with Crippen molar-refractivity contribution in [3.63, 3.8) is 0 Å². The predicted molar refractivity (Wildman–Crippen MR) is 58.4 cm³/mol. The molecule has 1 N–H and O–H groups in total. The lowest BCUT2D eigenvalue weighted by atomic mass is 10.2. The number of hydrogen-bond acceptors (Lipinski definition) is 2. The molecule has 13 heavy (non-hydrogen) atoms. The van der Waals surface area contributed by atoms with Crippen LogP contribution in [0.15, 0.2) is 10.6 Å². The maximum absolute atomic E-state index is 5.67. The summed E-state index contributed by atoms with van der Waals surface area (Å²) in [4.78, 5) is 0. The second kappa shape index (κ2) is 10.3. The summed E-state index contributed by atoms with van der Waals surface area (Å²) in [5, 5.41) is 3.84. The molecule has 0 rings (SSSR count). The van der Waals surface area contributed by atoms with E-state index in [2.05, 4.69) is 5.32 Å². The van der Waals surface area contributed by atoms with Gasteiger partial charge in [-0.2, -0.15) is 0 Å². The van der Waals surface area contributed by atoms with Crippen LogP contribution in [0.25, 0.3) is 0 Å². The highest BCUT2D eigenvalue weighted by Crippen LogP contribution is 2.00. The number of methoxy groups -OCH3 is 1. The predicted octanol–water partition coefficient (Wildman–Crippen LogP) is 2.71. The van der Waals surface area contributed by atoms with Gasteiger partial charge in [0.25, 0.3) is 0 Å². The molecule has 0 saturated carbocycles. The standard InChI is InChI=1S/C9H17Cl2NO/c1-13-6-4-2-3-5-12-8-9(11)7-10/h7,12H,2-6,8H2,1H3. The fourth-order valence-corrected chi connectivity index (χ4v) is 1.09. The van der Waals surface area contributed by atoms with Crippen molar-refractivity contribution in [3.8, 4) is 0 Å². The van der Waals surface area contributed by atoms with Crippen LogP contribution in [0.5, 0.6) is 0 Å². The molecule has 0 aromatic rings. The minimum absolute atomic E-state index is 0.651. The Morgan fingerprint density at radius 1 is 1.38 bits per heavy atom. The summed E-state index contributed by atoms with van der Waals surface area (Å²) in [5.74, 6) is 0. The third kappa shape index (κ3) is 10.2. The van der Waals surface area contributed by atoms with Crippen LogP contribution in [0, 0.1) is 0 Å². The summed E-state index contributed by atoms with van der Waals surface area (Å²) in [6.07, 6.45) is 3.45. The van der Waals surface area contributed by atoms with Gasteiger partial charge in [0.05, 0.1) is 0 Å². The fourth-order valence-electron chi connectivity index (χ4n) is 0.920. The van der Waals surface area contributed by atoms with Gasteiger partial charge in [0.1, 0.15) is 0 Å². The molecule has 0 aliphatic rings. The third-order valence-corrected chi connectivity index (χ3v) is 2.23. The van der Waals surface area contributed by atoms with Crippen molar-refractivity contribution in [2.75, 3.05) is 26.8 Å². The first kappa shape index (κ1) is 13.2. The summed E-state index contributed by atoms with van der Waals surface area (Å²) >= 11 is 11.1. The number of halogens is 2. The van der Waals surface area contributed by atoms with Crippen LogP contribution in [0.3, 0.4) is 0 Å². The van der Waals surface area contributed by atoms with Gasteiger partial charge in [-0.05, 0) is 25.8 Å². The van der Waals surface area contributed by atoms with E-state index in [-0.39, 0.29) is 0 Å². The van der Waals surface area contributed by atoms with Crippen LogP contribution in [-0.2, 0) is 4.74 Å². The van der Waals surface area contributed by atoms with Crippen molar-refractivity contribution < 1.29 is 4.74 Å². The molecule has 0 heterocycles. The minimum atomic E-state index is 0.651. The quantitative estimate of drug-likeness (QED) is 0.642. The van der Waals surface area contributed by atoms with Crippen LogP contribution in [0.4, 0.5) is 0 Å². The van der Waals surface area contributed by atoms with Gasteiger partial charge >= 0.3 is 0 Å². The van der Waals surface area contributed by atoms with E-state index in [1.807, 2.05) is 0 Å². The van der Waals surface area contributed by atoms with Crippen LogP contribution in [-0.4, -0.2) is 26.8 Å². The van der Waals surface area contributed by atoms with Crippen molar-refractivity contribution in [2.45, 2.75) is 19.3 Å². The largest absolute Gasteiger partial charge is 0.385 e. The normalized spacial score (nSPS) is 12.1. The van der Waals surface area contributed by atoms with E-state index in [1.165, 1.54) is 12.0 Å². The molecule has 0 aromatic carbocycles. The first-order valence-corrected chi connectivity index (χ1v) is 5.27. The van der Waals surface area contributed by atoms with Crippen LogP contribution < -0.4 is 5.32 Å². The lowest BCUT2D eigenvalue weighted by molar-refractivity contribution is 0.192. The summed E-state index contributed by atoms with van der Waals surface area (Å²) < 4.78 is 4.94. The van der Waals surface area contributed by atoms with Crippen molar-refractivity contribution in [2.24, 2.45) is 0 Å². The van der Waals surface area contributed by atoms with Gasteiger partial charge in [-0.3, -0.25) is 0 Å². The number of rotatable bonds is 8. The van der Waals surface area contributed by atoms with Crippen LogP contribution in [0.2, 0.25) is 0 Å². The molecule has 2 nitrogen and oxygen atoms in total. The molecule has 0 amide bonds. The van der Waals surface area contributed by atoms with Gasteiger partial charge < -0.3 is 10.1 Å². The number of nitrogens with one attached hydrogen (secondary N) is 1. The monoisotopic (exact) mass is 225 g/mol. The SMILES string of the molecule is COCCCCCNCC(Cl)=CCl. The molecule has 0 aromatic heterocycles. The molecule has 0 atom stereocenters. The Morgan fingerprint density at radius 2 is 2.15 bits per heavy atom. The van der Waals surface area contributed by atoms with Crippen molar-refractivity contribution in [1.29, 1.82) is 0 Å². The van der Waals surface area contributed by atoms with E-state index in [4.69, 9.17) is 27.9 Å². The molecule has 0 bridgehead atoms. The highest BCUT2D eigenvalue weighted by molar-refractivity contribution is 6.36. The number of hydrogen-bond donors (Lipinski definition) is 1. The van der Waals surface area contributed by atoms with Crippen LogP contribution in [0.1, 0.15) is 19.3 Å². The van der Waals surface area contributed by atoms with Gasteiger partial charge in [-0.15, -0.1) is 0 Å². The van der Waals surface area contributed by atoms with Crippen molar-refractivity contribution >= 4 is 23.2 Å². The summed E-state index contributed by atoms with van der Waals surface area (Å²) in [5.41, 5.74) is 1.39. The third-order valence-electron chi connectivity index (χ3n) is 1.61. The minimum Gasteiger partial charge on any atom is -0.385 e. The highest BCUT2D eigenvalue weighted by Gasteiger charge is 1.91. The lowest BCUT2D eigenvalue weighted by Gasteiger charge is -2.02. The molecular formula is C9H17Cl2NO. The molecule has 78 valence electrons. The Balaban J connectivity index is 3.00. The molecule has 0 aliphatic carbocycles. The Morgan fingerprint density at radius 3 is 2.77 bits per heavy atom. The van der Waals surface area contributed by atoms with Gasteiger partial charge in [-0.1, -0.05) is 23.2 Å². The van der Waals surface area contributed by atoms with Crippen LogP contribution >= 0.6 is 23.2 Å². The Bertz CT molecular complexity index is 140. The molecule has 0 aliphatic heterocycles. The summed E-state index contributed by atoms with van der Waals surface area (Å²) in [6, 6.07) is 0. The summed E-state index contributed by atoms with van der Waals surface area (Å²) in [7, 11) is 1.73. The zero-order chi connectivity index (χ0) is 9.94. The smallest absolute Gasteiger partial charge is 0.0462 e. The molecule has 0 spiro atoms. The molecule has 0 unspecified atom stereocenters. The lowest BCUT2D eigenvalue weighted by Crippen LogP contribution is -2.16. The highest BCUT2D eigenvalue weighted by atomic mass is 35.5. The average molecular weight is 226 g/mol. The fraction of sp³-hybridized carbons (Fsp3) is 0.778. The Hall–Kier alpha value is 0.240. The van der Waals surface area contributed by atoms with Gasteiger partial charge in [0.15, 0.2) is 0 Å². The number of ether oxygens (including phenoxy) is 1. The first-order chi connectivity index (χ1) is 6.31. The van der Waals surface area contributed by atoms with Gasteiger partial charge in [-0.25, -0.2) is 0 Å². The molecular weight excluding hydrogens is 209 g/mol. The first-order valence-electron chi connectivity index (χ1n) is 4.45. The van der Waals surface area contributed by atoms with E-state index in [9.17, 15) is 0 Å². The van der Waals surface area contributed by atoms with E-state index < -0.39 is 0 Å².